The molecule has 0 saturated heterocycles. The van der Waals surface area contributed by atoms with Gasteiger partial charge in [0.25, 0.3) is 0 Å². The minimum Gasteiger partial charge on any atom is -0.350 e. The Morgan fingerprint density at radius 1 is 0.970 bits per heavy atom. The van der Waals surface area contributed by atoms with Gasteiger partial charge in [0.2, 0.25) is 17.7 Å². The molecule has 1 heterocycles. The molecule has 0 spiro atoms. The van der Waals surface area contributed by atoms with Crippen LogP contribution in [-0.2, 0) is 27.5 Å². The molecule has 0 aliphatic rings. The number of carbonyl (C=O) groups excluding carboxylic acids is 3. The van der Waals surface area contributed by atoms with E-state index in [2.05, 4.69) is 21.0 Å². The highest BCUT2D eigenvalue weighted by Crippen LogP contribution is 2.15. The van der Waals surface area contributed by atoms with Crippen LogP contribution in [0.1, 0.15) is 37.4 Å². The lowest BCUT2D eigenvalue weighted by Gasteiger charge is -2.20. The highest BCUT2D eigenvalue weighted by Gasteiger charge is 2.22. The highest BCUT2D eigenvalue weighted by atomic mass is 16.2. The summed E-state index contributed by atoms with van der Waals surface area (Å²) in [6.07, 6.45) is 3.68. The summed E-state index contributed by atoms with van der Waals surface area (Å²) >= 11 is 0. The number of nitrogens with one attached hydrogen (secondary N) is 3. The summed E-state index contributed by atoms with van der Waals surface area (Å²) in [6, 6.07) is 17.4. The smallest absolute Gasteiger partial charge is 0.247 e. The van der Waals surface area contributed by atoms with Crippen LogP contribution in [-0.4, -0.2) is 27.5 Å². The van der Waals surface area contributed by atoms with Crippen molar-refractivity contribution in [2.24, 2.45) is 5.92 Å². The number of aromatic nitrogens is 2. The maximum Gasteiger partial charge on any atom is 0.247 e. The summed E-state index contributed by atoms with van der Waals surface area (Å²) < 4.78 is 1.54. The van der Waals surface area contributed by atoms with Crippen molar-refractivity contribution in [3.05, 3.63) is 84.2 Å². The molecule has 172 valence electrons. The second-order valence-electron chi connectivity index (χ2n) is 8.18. The van der Waals surface area contributed by atoms with Crippen molar-refractivity contribution >= 4 is 23.4 Å². The number of anilines is 1. The Labute approximate surface area is 193 Å². The molecule has 0 saturated carbocycles. The maximum atomic E-state index is 13.0. The monoisotopic (exact) mass is 447 g/mol. The van der Waals surface area contributed by atoms with Gasteiger partial charge in [-0.1, -0.05) is 56.3 Å². The average Bonchev–Trinajstić information content (AvgIpc) is 3.29. The van der Waals surface area contributed by atoms with Gasteiger partial charge in [-0.15, -0.1) is 0 Å². The quantitative estimate of drug-likeness (QED) is 0.444. The van der Waals surface area contributed by atoms with E-state index in [9.17, 15) is 14.4 Å². The molecule has 0 bridgehead atoms. The van der Waals surface area contributed by atoms with Crippen LogP contribution in [0.4, 0.5) is 5.69 Å². The SMILES string of the molecule is CC(C)CC(=O)NC(C(=O)NCc1cccc(NC(=O)Cn2cccn2)c1)c1ccccc1. The molecule has 1 unspecified atom stereocenters. The van der Waals surface area contributed by atoms with Gasteiger partial charge in [-0.2, -0.15) is 5.10 Å². The average molecular weight is 448 g/mol. The van der Waals surface area contributed by atoms with Crippen LogP contribution in [0.3, 0.4) is 0 Å². The Kier molecular flexibility index (Phi) is 8.35. The van der Waals surface area contributed by atoms with E-state index in [1.807, 2.05) is 56.3 Å². The largest absolute Gasteiger partial charge is 0.350 e. The zero-order valence-electron chi connectivity index (χ0n) is 18.8. The van der Waals surface area contributed by atoms with Gasteiger partial charge in [-0.05, 0) is 35.2 Å². The van der Waals surface area contributed by atoms with Crippen molar-refractivity contribution in [2.75, 3.05) is 5.32 Å². The van der Waals surface area contributed by atoms with Gasteiger partial charge in [-0.25, -0.2) is 0 Å². The molecule has 8 nitrogen and oxygen atoms in total. The van der Waals surface area contributed by atoms with E-state index < -0.39 is 6.04 Å². The van der Waals surface area contributed by atoms with Crippen LogP contribution in [0.2, 0.25) is 0 Å². The molecule has 33 heavy (non-hydrogen) atoms. The molecule has 3 rings (SSSR count). The van der Waals surface area contributed by atoms with Crippen molar-refractivity contribution in [3.63, 3.8) is 0 Å². The van der Waals surface area contributed by atoms with Crippen LogP contribution in [0, 0.1) is 5.92 Å². The zero-order chi connectivity index (χ0) is 23.6. The highest BCUT2D eigenvalue weighted by molar-refractivity contribution is 5.91. The van der Waals surface area contributed by atoms with Gasteiger partial charge in [-0.3, -0.25) is 19.1 Å². The Morgan fingerprint density at radius 2 is 1.76 bits per heavy atom. The summed E-state index contributed by atoms with van der Waals surface area (Å²) in [7, 11) is 0. The zero-order valence-corrected chi connectivity index (χ0v) is 18.8. The predicted octanol–water partition coefficient (Wildman–Crippen LogP) is 3.04. The number of carbonyl (C=O) groups is 3. The lowest BCUT2D eigenvalue weighted by atomic mass is 10.0. The molecule has 1 aromatic heterocycles. The van der Waals surface area contributed by atoms with Gasteiger partial charge in [0.1, 0.15) is 12.6 Å². The second kappa shape index (κ2) is 11.6. The Bertz CT molecular complexity index is 1060. The summed E-state index contributed by atoms with van der Waals surface area (Å²) in [4.78, 5) is 37.5. The number of rotatable bonds is 10. The third kappa shape index (κ3) is 7.60. The van der Waals surface area contributed by atoms with Crippen LogP contribution in [0.25, 0.3) is 0 Å². The summed E-state index contributed by atoms with van der Waals surface area (Å²) in [5.74, 6) is -0.477. The lowest BCUT2D eigenvalue weighted by molar-refractivity contribution is -0.129. The molecule has 8 heteroatoms. The number of nitrogens with zero attached hydrogens (tertiary/aromatic N) is 2. The standard InChI is InChI=1S/C25H29N5O3/c1-18(2)14-22(31)29-24(20-9-4-3-5-10-20)25(33)26-16-19-8-6-11-21(15-19)28-23(32)17-30-13-7-12-27-30/h3-13,15,18,24H,14,16-17H2,1-2H3,(H,26,33)(H,28,32)(H,29,31). The van der Waals surface area contributed by atoms with Gasteiger partial charge < -0.3 is 16.0 Å². The first-order chi connectivity index (χ1) is 15.9. The molecule has 1 atom stereocenters. The predicted molar refractivity (Wildman–Crippen MR) is 126 cm³/mol. The second-order valence-corrected chi connectivity index (χ2v) is 8.18. The fourth-order valence-electron chi connectivity index (χ4n) is 3.33. The van der Waals surface area contributed by atoms with Gasteiger partial charge in [0.05, 0.1) is 0 Å². The Balaban J connectivity index is 1.61. The molecule has 3 aromatic rings. The van der Waals surface area contributed by atoms with E-state index in [4.69, 9.17) is 0 Å². The Hall–Kier alpha value is -3.94. The number of amides is 3. The van der Waals surface area contributed by atoms with Crippen LogP contribution < -0.4 is 16.0 Å². The van der Waals surface area contributed by atoms with Crippen molar-refractivity contribution in [1.29, 1.82) is 0 Å². The van der Waals surface area contributed by atoms with Crippen LogP contribution in [0.5, 0.6) is 0 Å². The fourth-order valence-corrected chi connectivity index (χ4v) is 3.33. The Morgan fingerprint density at radius 3 is 2.45 bits per heavy atom. The first kappa shape index (κ1) is 23.7. The van der Waals surface area contributed by atoms with E-state index >= 15 is 0 Å². The normalized spacial score (nSPS) is 11.6. The number of benzene rings is 2. The van der Waals surface area contributed by atoms with E-state index in [-0.39, 0.29) is 36.7 Å². The van der Waals surface area contributed by atoms with Gasteiger partial charge in [0.15, 0.2) is 0 Å². The van der Waals surface area contributed by atoms with Gasteiger partial charge >= 0.3 is 0 Å². The molecular weight excluding hydrogens is 418 g/mol. The van der Waals surface area contributed by atoms with E-state index in [1.54, 1.807) is 30.6 Å². The van der Waals surface area contributed by atoms with Crippen molar-refractivity contribution in [1.82, 2.24) is 20.4 Å². The molecule has 0 aliphatic carbocycles. The molecule has 0 radical (unpaired) electrons. The van der Waals surface area contributed by atoms with E-state index in [1.165, 1.54) is 4.68 Å². The summed E-state index contributed by atoms with van der Waals surface area (Å²) in [5, 5.41) is 12.6. The van der Waals surface area contributed by atoms with Crippen molar-refractivity contribution in [3.8, 4) is 0 Å². The topological polar surface area (TPSA) is 105 Å². The van der Waals surface area contributed by atoms with E-state index in [0.717, 1.165) is 5.56 Å². The van der Waals surface area contributed by atoms with Crippen LogP contribution in [0.15, 0.2) is 73.1 Å². The molecule has 3 amide bonds. The minimum atomic E-state index is -0.783. The lowest BCUT2D eigenvalue weighted by Crippen LogP contribution is -2.40. The fraction of sp³-hybridized carbons (Fsp3) is 0.280. The van der Waals surface area contributed by atoms with Gasteiger partial charge in [0, 0.05) is 31.0 Å². The first-order valence-corrected chi connectivity index (χ1v) is 10.9. The van der Waals surface area contributed by atoms with E-state index in [0.29, 0.717) is 17.7 Å². The molecule has 2 aromatic carbocycles. The maximum absolute atomic E-state index is 13.0. The summed E-state index contributed by atoms with van der Waals surface area (Å²) in [5.41, 5.74) is 2.16. The number of hydrogen-bond acceptors (Lipinski definition) is 4. The third-order valence-corrected chi connectivity index (χ3v) is 4.84. The first-order valence-electron chi connectivity index (χ1n) is 10.9. The van der Waals surface area contributed by atoms with Crippen molar-refractivity contribution in [2.45, 2.75) is 39.4 Å². The molecule has 3 N–H and O–H groups in total. The molecule has 0 aliphatic heterocycles. The minimum absolute atomic E-state index is 0.114. The number of hydrogen-bond donors (Lipinski definition) is 3. The third-order valence-electron chi connectivity index (χ3n) is 4.84. The molecular formula is C25H29N5O3. The van der Waals surface area contributed by atoms with Crippen molar-refractivity contribution < 1.29 is 14.4 Å². The summed E-state index contributed by atoms with van der Waals surface area (Å²) in [6.45, 7) is 4.28. The molecule has 0 fully saturated rings. The van der Waals surface area contributed by atoms with Crippen LogP contribution >= 0.6 is 0 Å².